The molecule has 0 saturated carbocycles. The van der Waals surface area contributed by atoms with Crippen LogP contribution in [-0.2, 0) is 0 Å². The molecule has 2 nitrogen and oxygen atoms in total. The third kappa shape index (κ3) is 2.78. The molecule has 0 aliphatic carbocycles. The van der Waals surface area contributed by atoms with Gasteiger partial charge in [0.1, 0.15) is 0 Å². The van der Waals surface area contributed by atoms with Gasteiger partial charge in [0.05, 0.1) is 6.67 Å². The van der Waals surface area contributed by atoms with Crippen LogP contribution in [0.1, 0.15) is 6.42 Å². The van der Waals surface area contributed by atoms with Crippen LogP contribution in [-0.4, -0.2) is 13.2 Å². The molecule has 3 N–H and O–H groups in total. The summed E-state index contributed by atoms with van der Waals surface area (Å²) in [6.07, 6.45) is 0.537. The Morgan fingerprint density at radius 3 is 2.92 bits per heavy atom. The van der Waals surface area contributed by atoms with Crippen LogP contribution in [0.3, 0.4) is 0 Å². The van der Waals surface area contributed by atoms with Crippen molar-refractivity contribution in [1.82, 2.24) is 0 Å². The summed E-state index contributed by atoms with van der Waals surface area (Å²) in [6, 6.07) is 7.43. The van der Waals surface area contributed by atoms with E-state index in [1.165, 1.54) is 0 Å². The minimum Gasteiger partial charge on any atom is -0.399 e. The Labute approximate surface area is 71.6 Å². The van der Waals surface area contributed by atoms with Crippen molar-refractivity contribution in [2.45, 2.75) is 6.42 Å². The lowest BCUT2D eigenvalue weighted by Gasteiger charge is -2.04. The monoisotopic (exact) mass is 168 g/mol. The number of anilines is 2. The molecule has 0 bridgehead atoms. The predicted octanol–water partition coefficient (Wildman–Crippen LogP) is 2.04. The first-order valence-electron chi connectivity index (χ1n) is 3.98. The van der Waals surface area contributed by atoms with Gasteiger partial charge in [-0.25, -0.2) is 0 Å². The van der Waals surface area contributed by atoms with Gasteiger partial charge in [-0.3, -0.25) is 4.39 Å². The van der Waals surface area contributed by atoms with Crippen molar-refractivity contribution in [3.05, 3.63) is 24.3 Å². The number of nitrogens with one attached hydrogen (secondary N) is 1. The third-order valence-electron chi connectivity index (χ3n) is 1.53. The summed E-state index contributed by atoms with van der Waals surface area (Å²) in [6.45, 7) is 0.370. The Balaban J connectivity index is 2.41. The Morgan fingerprint density at radius 1 is 1.42 bits per heavy atom. The number of rotatable bonds is 4. The van der Waals surface area contributed by atoms with Crippen LogP contribution in [0.5, 0.6) is 0 Å². The fraction of sp³-hybridized carbons (Fsp3) is 0.333. The zero-order valence-corrected chi connectivity index (χ0v) is 6.89. The Kier molecular flexibility index (Phi) is 3.38. The Hall–Kier alpha value is -1.25. The topological polar surface area (TPSA) is 38.0 Å². The van der Waals surface area contributed by atoms with E-state index in [1.54, 1.807) is 0 Å². The fourth-order valence-electron chi connectivity index (χ4n) is 0.948. The average molecular weight is 168 g/mol. The van der Waals surface area contributed by atoms with Crippen molar-refractivity contribution < 1.29 is 4.39 Å². The highest BCUT2D eigenvalue weighted by atomic mass is 19.1. The van der Waals surface area contributed by atoms with Crippen LogP contribution < -0.4 is 11.1 Å². The van der Waals surface area contributed by atoms with E-state index in [-0.39, 0.29) is 6.67 Å². The van der Waals surface area contributed by atoms with E-state index in [0.29, 0.717) is 13.0 Å². The van der Waals surface area contributed by atoms with Gasteiger partial charge in [0.15, 0.2) is 0 Å². The first kappa shape index (κ1) is 8.84. The first-order valence-corrected chi connectivity index (χ1v) is 3.98. The maximum atomic E-state index is 11.7. The molecule has 0 atom stereocenters. The van der Waals surface area contributed by atoms with Gasteiger partial charge in [-0.05, 0) is 24.6 Å². The van der Waals surface area contributed by atoms with Crippen molar-refractivity contribution in [1.29, 1.82) is 0 Å². The van der Waals surface area contributed by atoms with E-state index >= 15 is 0 Å². The summed E-state index contributed by atoms with van der Waals surface area (Å²) < 4.78 is 11.7. The molecule has 0 heterocycles. The van der Waals surface area contributed by atoms with E-state index in [2.05, 4.69) is 5.32 Å². The maximum Gasteiger partial charge on any atom is 0.0911 e. The molecule has 0 radical (unpaired) electrons. The molecular weight excluding hydrogens is 155 g/mol. The van der Waals surface area contributed by atoms with Crippen molar-refractivity contribution in [3.63, 3.8) is 0 Å². The second kappa shape index (κ2) is 4.59. The van der Waals surface area contributed by atoms with Crippen LogP contribution in [0.2, 0.25) is 0 Å². The second-order valence-electron chi connectivity index (χ2n) is 2.59. The first-order chi connectivity index (χ1) is 5.83. The zero-order chi connectivity index (χ0) is 8.81. The van der Waals surface area contributed by atoms with Crippen LogP contribution in [0.15, 0.2) is 24.3 Å². The standard InChI is InChI=1S/C9H13FN2/c10-5-2-6-12-9-4-1-3-8(11)7-9/h1,3-4,7,12H,2,5-6,11H2. The Bertz CT molecular complexity index is 238. The molecule has 1 aromatic carbocycles. The third-order valence-corrected chi connectivity index (χ3v) is 1.53. The smallest absolute Gasteiger partial charge is 0.0911 e. The molecule has 0 aromatic heterocycles. The van der Waals surface area contributed by atoms with Gasteiger partial charge in [-0.1, -0.05) is 6.07 Å². The molecule has 3 heteroatoms. The lowest BCUT2D eigenvalue weighted by atomic mass is 10.3. The zero-order valence-electron chi connectivity index (χ0n) is 6.89. The van der Waals surface area contributed by atoms with E-state index < -0.39 is 0 Å². The van der Waals surface area contributed by atoms with Gasteiger partial charge in [0, 0.05) is 17.9 Å². The highest BCUT2D eigenvalue weighted by Gasteiger charge is 1.90. The Morgan fingerprint density at radius 2 is 2.25 bits per heavy atom. The number of nitrogens with two attached hydrogens (primary N) is 1. The minimum atomic E-state index is -0.282. The number of alkyl halides is 1. The molecule has 1 aromatic rings. The molecule has 0 aliphatic heterocycles. The molecule has 66 valence electrons. The average Bonchev–Trinajstić information content (AvgIpc) is 2.05. The number of hydrogen-bond acceptors (Lipinski definition) is 2. The van der Waals surface area contributed by atoms with E-state index in [0.717, 1.165) is 11.4 Å². The van der Waals surface area contributed by atoms with Gasteiger partial charge in [-0.2, -0.15) is 0 Å². The van der Waals surface area contributed by atoms with Gasteiger partial charge >= 0.3 is 0 Å². The fourth-order valence-corrected chi connectivity index (χ4v) is 0.948. The van der Waals surface area contributed by atoms with E-state index in [9.17, 15) is 4.39 Å². The van der Waals surface area contributed by atoms with Crippen molar-refractivity contribution in [2.24, 2.45) is 0 Å². The van der Waals surface area contributed by atoms with Crippen molar-refractivity contribution in [2.75, 3.05) is 24.3 Å². The van der Waals surface area contributed by atoms with Gasteiger partial charge in [0.2, 0.25) is 0 Å². The lowest BCUT2D eigenvalue weighted by Crippen LogP contribution is -2.02. The number of benzene rings is 1. The summed E-state index contributed by atoms with van der Waals surface area (Å²) in [5.41, 5.74) is 7.22. The molecule has 0 spiro atoms. The van der Waals surface area contributed by atoms with Crippen molar-refractivity contribution >= 4 is 11.4 Å². The molecule has 0 unspecified atom stereocenters. The minimum absolute atomic E-state index is 0.282. The maximum absolute atomic E-state index is 11.7. The number of hydrogen-bond donors (Lipinski definition) is 2. The van der Waals surface area contributed by atoms with E-state index in [1.807, 2.05) is 24.3 Å². The summed E-state index contributed by atoms with van der Waals surface area (Å²) in [4.78, 5) is 0. The number of nitrogen functional groups attached to an aromatic ring is 1. The normalized spacial score (nSPS) is 9.75. The predicted molar refractivity (Wildman–Crippen MR) is 49.9 cm³/mol. The van der Waals surface area contributed by atoms with Crippen LogP contribution >= 0.6 is 0 Å². The molecular formula is C9H13FN2. The van der Waals surface area contributed by atoms with Gasteiger partial charge in [0.25, 0.3) is 0 Å². The largest absolute Gasteiger partial charge is 0.399 e. The van der Waals surface area contributed by atoms with Crippen LogP contribution in [0.25, 0.3) is 0 Å². The van der Waals surface area contributed by atoms with E-state index in [4.69, 9.17) is 5.73 Å². The summed E-state index contributed by atoms with van der Waals surface area (Å²) >= 11 is 0. The molecule has 12 heavy (non-hydrogen) atoms. The lowest BCUT2D eigenvalue weighted by molar-refractivity contribution is 0.481. The van der Waals surface area contributed by atoms with Crippen molar-refractivity contribution in [3.8, 4) is 0 Å². The van der Waals surface area contributed by atoms with Crippen LogP contribution in [0.4, 0.5) is 15.8 Å². The molecule has 0 fully saturated rings. The van der Waals surface area contributed by atoms with Crippen LogP contribution in [0, 0.1) is 0 Å². The molecule has 0 aliphatic rings. The van der Waals surface area contributed by atoms with Gasteiger partial charge in [-0.15, -0.1) is 0 Å². The SMILES string of the molecule is Nc1cccc(NCCCF)c1. The highest BCUT2D eigenvalue weighted by molar-refractivity contribution is 5.53. The molecule has 0 saturated heterocycles. The highest BCUT2D eigenvalue weighted by Crippen LogP contribution is 2.11. The molecule has 1 rings (SSSR count). The summed E-state index contributed by atoms with van der Waals surface area (Å²) in [5, 5.41) is 3.07. The number of halogens is 1. The quantitative estimate of drug-likeness (QED) is 0.533. The second-order valence-corrected chi connectivity index (χ2v) is 2.59. The summed E-state index contributed by atoms with van der Waals surface area (Å²) in [5.74, 6) is 0. The van der Waals surface area contributed by atoms with Gasteiger partial charge < -0.3 is 11.1 Å². The summed E-state index contributed by atoms with van der Waals surface area (Å²) in [7, 11) is 0. The molecule has 0 amide bonds.